The Morgan fingerprint density at radius 2 is 0.898 bits per heavy atom. The fourth-order valence-electron chi connectivity index (χ4n) is 7.84. The maximum absolute atomic E-state index is 12.9. The number of carbonyl (C=O) groups excluding carboxylic acids is 1. The van der Waals surface area contributed by atoms with E-state index < -0.39 is 63.2 Å². The first kappa shape index (κ1) is 56.1. The van der Waals surface area contributed by atoms with Gasteiger partial charge in [-0.05, 0) is 19.3 Å². The van der Waals surface area contributed by atoms with Gasteiger partial charge in [-0.2, -0.15) is 0 Å². The van der Waals surface area contributed by atoms with E-state index in [0.717, 1.165) is 44.9 Å². The van der Waals surface area contributed by atoms with E-state index in [2.05, 4.69) is 19.2 Å². The first-order valence-electron chi connectivity index (χ1n) is 24.1. The number of allylic oxidation sites excluding steroid dienone is 1. The van der Waals surface area contributed by atoms with E-state index in [9.17, 15) is 44.9 Å². The summed E-state index contributed by atoms with van der Waals surface area (Å²) in [6.07, 6.45) is 28.5. The van der Waals surface area contributed by atoms with Crippen molar-refractivity contribution in [3.8, 4) is 0 Å². The summed E-state index contributed by atoms with van der Waals surface area (Å²) in [6.45, 7) is 3.85. The summed E-state index contributed by atoms with van der Waals surface area (Å²) in [6, 6.07) is -1.11. The fourth-order valence-corrected chi connectivity index (χ4v) is 8.81. The Morgan fingerprint density at radius 3 is 1.29 bits per heavy atom. The third kappa shape index (κ3) is 28.4. The number of nitrogens with one attached hydrogen (secondary N) is 1. The Hall–Kier alpha value is -0.920. The van der Waals surface area contributed by atoms with Crippen LogP contribution in [0.15, 0.2) is 12.2 Å². The molecule has 1 aliphatic rings. The molecule has 8 N–H and O–H groups in total. The van der Waals surface area contributed by atoms with E-state index in [1.165, 1.54) is 154 Å². The Balaban J connectivity index is 2.44. The molecule has 1 rings (SSSR count). The van der Waals surface area contributed by atoms with Gasteiger partial charge in [-0.3, -0.25) is 13.8 Å². The van der Waals surface area contributed by atoms with Crippen molar-refractivity contribution < 1.29 is 53.9 Å². The normalized spacial score (nSPS) is 23.1. The summed E-state index contributed by atoms with van der Waals surface area (Å²) in [4.78, 5) is 23.4. The zero-order valence-electron chi connectivity index (χ0n) is 37.3. The second-order valence-corrected chi connectivity index (χ2v) is 18.7. The number of rotatable bonds is 40. The summed E-state index contributed by atoms with van der Waals surface area (Å²) >= 11 is 0. The molecule has 0 heterocycles. The highest BCUT2D eigenvalue weighted by molar-refractivity contribution is 7.47. The molecule has 6 unspecified atom stereocenters. The third-order valence-corrected chi connectivity index (χ3v) is 12.8. The molecular weight excluding hydrogens is 773 g/mol. The standard InChI is InChI=1S/C46H90NO11P/c1-3-5-7-9-11-13-15-17-18-19-20-21-22-24-26-28-30-32-34-36-40(49)47-38(39(48)35-33-31-29-27-25-23-16-14-12-10-8-6-4-2)37-57-59(55,56)58-46-44(53)42(51)41(50)43(52)45(46)54/h33,35,38-39,41-46,48,50-54H,3-32,34,36-37H2,1-2H3,(H,47,49)(H,55,56)/b35-33+/t38-,39+,41?,42+,43?,44?,45?,46?/m0/s1. The van der Waals surface area contributed by atoms with Crippen LogP contribution in [-0.4, -0.2) is 96.8 Å². The molecule has 1 aliphatic carbocycles. The van der Waals surface area contributed by atoms with Crippen LogP contribution < -0.4 is 5.32 Å². The minimum atomic E-state index is -5.07. The van der Waals surface area contributed by atoms with Gasteiger partial charge >= 0.3 is 7.82 Å². The van der Waals surface area contributed by atoms with Crippen molar-refractivity contribution in [1.29, 1.82) is 0 Å². The van der Waals surface area contributed by atoms with E-state index in [-0.39, 0.29) is 12.3 Å². The number of aliphatic hydroxyl groups is 6. The lowest BCUT2D eigenvalue weighted by Gasteiger charge is -2.41. The van der Waals surface area contributed by atoms with Crippen LogP contribution in [0.4, 0.5) is 0 Å². The van der Waals surface area contributed by atoms with E-state index in [1.54, 1.807) is 0 Å². The van der Waals surface area contributed by atoms with Crippen molar-refractivity contribution >= 4 is 13.7 Å². The number of unbranched alkanes of at least 4 members (excludes halogenated alkanes) is 29. The van der Waals surface area contributed by atoms with Crippen molar-refractivity contribution in [1.82, 2.24) is 5.32 Å². The van der Waals surface area contributed by atoms with Crippen LogP contribution in [0.1, 0.15) is 219 Å². The van der Waals surface area contributed by atoms with Crippen molar-refractivity contribution in [3.63, 3.8) is 0 Å². The summed E-state index contributed by atoms with van der Waals surface area (Å²) < 4.78 is 22.9. The van der Waals surface area contributed by atoms with Gasteiger partial charge in [-0.25, -0.2) is 4.57 Å². The Labute approximate surface area is 359 Å². The van der Waals surface area contributed by atoms with E-state index >= 15 is 0 Å². The minimum Gasteiger partial charge on any atom is -0.387 e. The molecule has 12 nitrogen and oxygen atoms in total. The lowest BCUT2D eigenvalue weighted by atomic mass is 9.85. The zero-order chi connectivity index (χ0) is 43.6. The molecule has 350 valence electrons. The van der Waals surface area contributed by atoms with Crippen molar-refractivity contribution in [3.05, 3.63) is 12.2 Å². The molecule has 0 aromatic rings. The molecule has 0 spiro atoms. The molecule has 0 aromatic carbocycles. The molecule has 0 bridgehead atoms. The average Bonchev–Trinajstić information content (AvgIpc) is 3.22. The topological polar surface area (TPSA) is 206 Å². The molecule has 59 heavy (non-hydrogen) atoms. The Bertz CT molecular complexity index is 1050. The molecule has 0 aliphatic heterocycles. The predicted molar refractivity (Wildman–Crippen MR) is 237 cm³/mol. The number of phosphoric acid groups is 1. The predicted octanol–water partition coefficient (Wildman–Crippen LogP) is 9.23. The Morgan fingerprint density at radius 1 is 0.559 bits per heavy atom. The summed E-state index contributed by atoms with van der Waals surface area (Å²) in [5.74, 6) is -0.338. The van der Waals surface area contributed by atoms with Crippen LogP contribution in [0.25, 0.3) is 0 Å². The van der Waals surface area contributed by atoms with Crippen molar-refractivity contribution in [2.45, 2.75) is 268 Å². The smallest absolute Gasteiger partial charge is 0.387 e. The van der Waals surface area contributed by atoms with Gasteiger partial charge in [-0.15, -0.1) is 0 Å². The van der Waals surface area contributed by atoms with Crippen LogP contribution in [-0.2, 0) is 18.4 Å². The van der Waals surface area contributed by atoms with Gasteiger partial charge in [0.1, 0.15) is 36.6 Å². The lowest BCUT2D eigenvalue weighted by Crippen LogP contribution is -2.64. The van der Waals surface area contributed by atoms with E-state index in [4.69, 9.17) is 9.05 Å². The number of amides is 1. The van der Waals surface area contributed by atoms with Gasteiger partial charge in [0.05, 0.1) is 18.8 Å². The SMILES string of the molecule is CCCCCCCCCCCCC/C=C/[C@@H](O)[C@H](COP(=O)(O)OC1C(O)C(O)C(O)[C@@H](O)C1O)NC(=O)CCCCCCCCCCCCCCCCCCCCC. The minimum absolute atomic E-state index is 0.219. The number of hydrogen-bond donors (Lipinski definition) is 8. The van der Waals surface area contributed by atoms with Gasteiger partial charge in [-0.1, -0.05) is 206 Å². The van der Waals surface area contributed by atoms with Gasteiger partial charge < -0.3 is 40.8 Å². The monoisotopic (exact) mass is 864 g/mol. The molecule has 0 radical (unpaired) electrons. The highest BCUT2D eigenvalue weighted by Crippen LogP contribution is 2.47. The van der Waals surface area contributed by atoms with Crippen LogP contribution in [0.5, 0.6) is 0 Å². The second kappa shape index (κ2) is 36.6. The number of hydrogen-bond acceptors (Lipinski definition) is 10. The van der Waals surface area contributed by atoms with Crippen LogP contribution in [0.3, 0.4) is 0 Å². The van der Waals surface area contributed by atoms with Gasteiger partial charge in [0.15, 0.2) is 0 Å². The van der Waals surface area contributed by atoms with Gasteiger partial charge in [0, 0.05) is 6.42 Å². The molecule has 0 saturated heterocycles. The fraction of sp³-hybridized carbons (Fsp3) is 0.935. The van der Waals surface area contributed by atoms with Crippen LogP contribution in [0.2, 0.25) is 0 Å². The summed E-state index contributed by atoms with van der Waals surface area (Å²) in [5.41, 5.74) is 0. The third-order valence-electron chi connectivity index (χ3n) is 11.8. The highest BCUT2D eigenvalue weighted by Gasteiger charge is 2.51. The van der Waals surface area contributed by atoms with E-state index in [1.807, 2.05) is 6.08 Å². The van der Waals surface area contributed by atoms with E-state index in [0.29, 0.717) is 6.42 Å². The van der Waals surface area contributed by atoms with Gasteiger partial charge in [0.25, 0.3) is 0 Å². The Kier molecular flexibility index (Phi) is 34.8. The number of carbonyl (C=O) groups is 1. The summed E-state index contributed by atoms with van der Waals surface area (Å²) in [5, 5.41) is 64.0. The van der Waals surface area contributed by atoms with Crippen LogP contribution in [0, 0.1) is 0 Å². The second-order valence-electron chi connectivity index (χ2n) is 17.3. The molecule has 1 fully saturated rings. The molecule has 9 atom stereocenters. The first-order valence-corrected chi connectivity index (χ1v) is 25.6. The average molecular weight is 864 g/mol. The molecular formula is C46H90NO11P. The quantitative estimate of drug-likeness (QED) is 0.0166. The van der Waals surface area contributed by atoms with Crippen molar-refractivity contribution in [2.75, 3.05) is 6.61 Å². The van der Waals surface area contributed by atoms with Crippen LogP contribution >= 0.6 is 7.82 Å². The summed E-state index contributed by atoms with van der Waals surface area (Å²) in [7, 11) is -5.07. The molecule has 1 saturated carbocycles. The number of phosphoric ester groups is 1. The maximum atomic E-state index is 12.9. The molecule has 0 aromatic heterocycles. The highest BCUT2D eigenvalue weighted by atomic mass is 31.2. The maximum Gasteiger partial charge on any atom is 0.472 e. The molecule has 1 amide bonds. The molecule has 13 heteroatoms. The largest absolute Gasteiger partial charge is 0.472 e. The zero-order valence-corrected chi connectivity index (χ0v) is 38.2. The first-order chi connectivity index (χ1) is 28.4. The van der Waals surface area contributed by atoms with Gasteiger partial charge in [0.2, 0.25) is 5.91 Å². The van der Waals surface area contributed by atoms with Crippen molar-refractivity contribution in [2.24, 2.45) is 0 Å². The number of aliphatic hydroxyl groups excluding tert-OH is 6. The lowest BCUT2D eigenvalue weighted by molar-refractivity contribution is -0.220.